The maximum absolute atomic E-state index is 10.5. The number of hydrogen-bond donors (Lipinski definition) is 0. The standard InChI is InChI=1S/C11H14O2/c1-11(2,3)13-10-6-4-5-9(7-10)8-12/h4-8H,1-3H3. The Bertz CT molecular complexity index is 297. The Morgan fingerprint density at radius 3 is 2.54 bits per heavy atom. The van der Waals surface area contributed by atoms with Crippen LogP contribution in [0.4, 0.5) is 0 Å². The van der Waals surface area contributed by atoms with Gasteiger partial charge in [0.25, 0.3) is 0 Å². The zero-order valence-electron chi connectivity index (χ0n) is 8.20. The number of benzene rings is 1. The topological polar surface area (TPSA) is 26.3 Å². The Morgan fingerprint density at radius 2 is 2.00 bits per heavy atom. The number of rotatable bonds is 2. The minimum absolute atomic E-state index is 0.221. The molecule has 0 atom stereocenters. The minimum Gasteiger partial charge on any atom is -0.488 e. The number of hydrogen-bond acceptors (Lipinski definition) is 2. The molecule has 0 aliphatic heterocycles. The first kappa shape index (κ1) is 9.78. The second-order valence-electron chi connectivity index (χ2n) is 3.90. The van der Waals surface area contributed by atoms with Crippen molar-refractivity contribution < 1.29 is 9.53 Å². The van der Waals surface area contributed by atoms with Crippen LogP contribution in [0, 0.1) is 0 Å². The van der Waals surface area contributed by atoms with Gasteiger partial charge in [0.15, 0.2) is 0 Å². The Labute approximate surface area is 78.5 Å². The lowest BCUT2D eigenvalue weighted by molar-refractivity contribution is 0.111. The van der Waals surface area contributed by atoms with Crippen LogP contribution in [-0.4, -0.2) is 11.9 Å². The van der Waals surface area contributed by atoms with Crippen LogP contribution in [0.1, 0.15) is 31.1 Å². The van der Waals surface area contributed by atoms with E-state index in [1.165, 1.54) is 0 Å². The predicted molar refractivity (Wildman–Crippen MR) is 52.2 cm³/mol. The van der Waals surface area contributed by atoms with E-state index < -0.39 is 0 Å². The molecule has 0 aromatic heterocycles. The highest BCUT2D eigenvalue weighted by Gasteiger charge is 2.11. The number of aldehydes is 1. The summed E-state index contributed by atoms with van der Waals surface area (Å²) in [7, 11) is 0. The lowest BCUT2D eigenvalue weighted by Crippen LogP contribution is -2.22. The summed E-state index contributed by atoms with van der Waals surface area (Å²) in [6.07, 6.45) is 0.815. The van der Waals surface area contributed by atoms with Gasteiger partial charge in [-0.3, -0.25) is 4.79 Å². The lowest BCUT2D eigenvalue weighted by Gasteiger charge is -2.21. The Balaban J connectivity index is 2.84. The van der Waals surface area contributed by atoms with Gasteiger partial charge in [0, 0.05) is 5.56 Å². The van der Waals surface area contributed by atoms with Crippen molar-refractivity contribution in [3.8, 4) is 5.75 Å². The van der Waals surface area contributed by atoms with Gasteiger partial charge < -0.3 is 4.74 Å². The molecule has 1 rings (SSSR count). The molecule has 0 radical (unpaired) electrons. The summed E-state index contributed by atoms with van der Waals surface area (Å²) < 4.78 is 5.59. The van der Waals surface area contributed by atoms with E-state index >= 15 is 0 Å². The molecule has 13 heavy (non-hydrogen) atoms. The van der Waals surface area contributed by atoms with E-state index in [1.807, 2.05) is 32.9 Å². The third kappa shape index (κ3) is 3.28. The molecule has 1 aromatic rings. The molecule has 1 aromatic carbocycles. The smallest absolute Gasteiger partial charge is 0.150 e. The van der Waals surface area contributed by atoms with Crippen LogP contribution in [-0.2, 0) is 0 Å². The van der Waals surface area contributed by atoms with Crippen LogP contribution in [0.25, 0.3) is 0 Å². The van der Waals surface area contributed by atoms with E-state index in [4.69, 9.17) is 4.74 Å². The van der Waals surface area contributed by atoms with Crippen molar-refractivity contribution in [2.45, 2.75) is 26.4 Å². The molecule has 0 heterocycles. The van der Waals surface area contributed by atoms with Crippen LogP contribution in [0.15, 0.2) is 24.3 Å². The summed E-state index contributed by atoms with van der Waals surface area (Å²) in [4.78, 5) is 10.5. The zero-order chi connectivity index (χ0) is 9.90. The zero-order valence-corrected chi connectivity index (χ0v) is 8.20. The van der Waals surface area contributed by atoms with Crippen LogP contribution >= 0.6 is 0 Å². The van der Waals surface area contributed by atoms with Gasteiger partial charge in [-0.2, -0.15) is 0 Å². The fourth-order valence-corrected chi connectivity index (χ4v) is 1.00. The molecule has 2 heteroatoms. The maximum atomic E-state index is 10.5. The third-order valence-corrected chi connectivity index (χ3v) is 1.42. The van der Waals surface area contributed by atoms with Gasteiger partial charge in [0.05, 0.1) is 0 Å². The van der Waals surface area contributed by atoms with Crippen molar-refractivity contribution >= 4 is 6.29 Å². The Hall–Kier alpha value is -1.31. The van der Waals surface area contributed by atoms with Crippen molar-refractivity contribution in [1.29, 1.82) is 0 Å². The van der Waals surface area contributed by atoms with Crippen molar-refractivity contribution in [2.75, 3.05) is 0 Å². The van der Waals surface area contributed by atoms with E-state index in [-0.39, 0.29) is 5.60 Å². The van der Waals surface area contributed by atoms with Gasteiger partial charge in [0.1, 0.15) is 17.6 Å². The Kier molecular flexibility index (Phi) is 2.71. The summed E-state index contributed by atoms with van der Waals surface area (Å²) in [5, 5.41) is 0. The molecule has 0 saturated carbocycles. The first-order chi connectivity index (χ1) is 6.01. The fraction of sp³-hybridized carbons (Fsp3) is 0.364. The van der Waals surface area contributed by atoms with Gasteiger partial charge >= 0.3 is 0 Å². The minimum atomic E-state index is -0.221. The highest BCUT2D eigenvalue weighted by Crippen LogP contribution is 2.18. The monoisotopic (exact) mass is 178 g/mol. The van der Waals surface area contributed by atoms with Gasteiger partial charge in [-0.15, -0.1) is 0 Å². The molecule has 2 nitrogen and oxygen atoms in total. The van der Waals surface area contributed by atoms with Gasteiger partial charge in [-0.1, -0.05) is 12.1 Å². The molecule has 0 unspecified atom stereocenters. The average Bonchev–Trinajstić information content (AvgIpc) is 2.01. The van der Waals surface area contributed by atoms with Crippen molar-refractivity contribution in [1.82, 2.24) is 0 Å². The molecular formula is C11H14O2. The summed E-state index contributed by atoms with van der Waals surface area (Å²) in [6.45, 7) is 5.92. The van der Waals surface area contributed by atoms with Crippen molar-refractivity contribution in [3.05, 3.63) is 29.8 Å². The van der Waals surface area contributed by atoms with E-state index in [0.717, 1.165) is 12.0 Å². The third-order valence-electron chi connectivity index (χ3n) is 1.42. The second-order valence-corrected chi connectivity index (χ2v) is 3.90. The summed E-state index contributed by atoms with van der Waals surface area (Å²) >= 11 is 0. The normalized spacial score (nSPS) is 11.0. The molecule has 0 bridgehead atoms. The van der Waals surface area contributed by atoms with E-state index in [9.17, 15) is 4.79 Å². The van der Waals surface area contributed by atoms with E-state index in [1.54, 1.807) is 12.1 Å². The predicted octanol–water partition coefficient (Wildman–Crippen LogP) is 2.68. The van der Waals surface area contributed by atoms with Crippen molar-refractivity contribution in [2.24, 2.45) is 0 Å². The number of carbonyl (C=O) groups excluding carboxylic acids is 1. The molecule has 0 fully saturated rings. The van der Waals surface area contributed by atoms with Gasteiger partial charge in [-0.05, 0) is 32.9 Å². The van der Waals surface area contributed by atoms with Crippen LogP contribution in [0.5, 0.6) is 5.75 Å². The van der Waals surface area contributed by atoms with E-state index in [0.29, 0.717) is 5.56 Å². The van der Waals surface area contributed by atoms with Crippen LogP contribution < -0.4 is 4.74 Å². The highest BCUT2D eigenvalue weighted by atomic mass is 16.5. The number of carbonyl (C=O) groups is 1. The molecule has 0 spiro atoms. The average molecular weight is 178 g/mol. The van der Waals surface area contributed by atoms with Crippen LogP contribution in [0.2, 0.25) is 0 Å². The van der Waals surface area contributed by atoms with Crippen LogP contribution in [0.3, 0.4) is 0 Å². The molecule has 70 valence electrons. The van der Waals surface area contributed by atoms with Crippen molar-refractivity contribution in [3.63, 3.8) is 0 Å². The van der Waals surface area contributed by atoms with Gasteiger partial charge in [0.2, 0.25) is 0 Å². The molecule has 0 N–H and O–H groups in total. The quantitative estimate of drug-likeness (QED) is 0.651. The largest absolute Gasteiger partial charge is 0.488 e. The van der Waals surface area contributed by atoms with Gasteiger partial charge in [-0.25, -0.2) is 0 Å². The second kappa shape index (κ2) is 3.60. The Morgan fingerprint density at radius 1 is 1.31 bits per heavy atom. The van der Waals surface area contributed by atoms with E-state index in [2.05, 4.69) is 0 Å². The lowest BCUT2D eigenvalue weighted by atomic mass is 10.2. The number of ether oxygens (including phenoxy) is 1. The maximum Gasteiger partial charge on any atom is 0.150 e. The molecule has 0 aliphatic rings. The SMILES string of the molecule is CC(C)(C)Oc1cccc(C=O)c1. The molecular weight excluding hydrogens is 164 g/mol. The first-order valence-electron chi connectivity index (χ1n) is 4.25. The molecule has 0 amide bonds. The fourth-order valence-electron chi connectivity index (χ4n) is 1.00. The summed E-state index contributed by atoms with van der Waals surface area (Å²) in [5.74, 6) is 0.733. The molecule has 0 aliphatic carbocycles. The highest BCUT2D eigenvalue weighted by molar-refractivity contribution is 5.75. The summed E-state index contributed by atoms with van der Waals surface area (Å²) in [6, 6.07) is 7.14. The summed E-state index contributed by atoms with van der Waals surface area (Å²) in [5.41, 5.74) is 0.420. The first-order valence-corrected chi connectivity index (χ1v) is 4.25. The molecule has 0 saturated heterocycles.